The van der Waals surface area contributed by atoms with Gasteiger partial charge in [-0.15, -0.1) is 5.10 Å². The van der Waals surface area contributed by atoms with E-state index in [9.17, 15) is 4.79 Å². The van der Waals surface area contributed by atoms with Crippen molar-refractivity contribution in [3.05, 3.63) is 54.6 Å². The highest BCUT2D eigenvalue weighted by molar-refractivity contribution is 7.20. The van der Waals surface area contributed by atoms with Gasteiger partial charge in [-0.05, 0) is 49.2 Å². The molecule has 0 bridgehead atoms. The average Bonchev–Trinajstić information content (AvgIpc) is 3.54. The number of fused-ring (bicyclic) bond motifs is 1. The van der Waals surface area contributed by atoms with Crippen LogP contribution in [0.15, 0.2) is 53.3 Å². The summed E-state index contributed by atoms with van der Waals surface area (Å²) in [6.07, 6.45) is 5.39. The van der Waals surface area contributed by atoms with E-state index in [1.807, 2.05) is 47.1 Å². The Morgan fingerprint density at radius 2 is 2.19 bits per heavy atom. The van der Waals surface area contributed by atoms with Crippen molar-refractivity contribution in [2.45, 2.75) is 19.4 Å². The van der Waals surface area contributed by atoms with Crippen molar-refractivity contribution >= 4 is 27.3 Å². The van der Waals surface area contributed by atoms with Crippen LogP contribution in [-0.2, 0) is 11.3 Å². The molecule has 1 saturated heterocycles. The van der Waals surface area contributed by atoms with Crippen LogP contribution in [0.5, 0.6) is 5.75 Å². The Labute approximate surface area is 183 Å². The maximum absolute atomic E-state index is 12.6. The van der Waals surface area contributed by atoms with Crippen LogP contribution >= 0.6 is 11.3 Å². The van der Waals surface area contributed by atoms with E-state index in [2.05, 4.69) is 10.2 Å². The molecule has 5 rings (SSSR count). The number of hydrogen-bond donors (Lipinski definition) is 1. The third kappa shape index (κ3) is 4.13. The van der Waals surface area contributed by atoms with Crippen LogP contribution in [0.4, 0.5) is 5.13 Å². The van der Waals surface area contributed by atoms with Crippen molar-refractivity contribution in [3.63, 3.8) is 0 Å². The fourth-order valence-corrected chi connectivity index (χ4v) is 4.73. The summed E-state index contributed by atoms with van der Waals surface area (Å²) in [6, 6.07) is 11.5. The molecule has 0 unspecified atom stereocenters. The van der Waals surface area contributed by atoms with Gasteiger partial charge in [0.1, 0.15) is 11.5 Å². The molecule has 1 aliphatic heterocycles. The second-order valence-corrected chi connectivity index (χ2v) is 8.48. The molecular formula is C22H23N5O3S. The lowest BCUT2D eigenvalue weighted by Gasteiger charge is -2.31. The number of carbonyl (C=O) groups excluding carboxylic acids is 1. The largest absolute Gasteiger partial charge is 0.497 e. The molecule has 3 aromatic heterocycles. The van der Waals surface area contributed by atoms with Crippen molar-refractivity contribution in [2.75, 3.05) is 25.1 Å². The molecule has 4 aromatic rings. The highest BCUT2D eigenvalue weighted by Crippen LogP contribution is 2.30. The van der Waals surface area contributed by atoms with Gasteiger partial charge in [0.2, 0.25) is 16.0 Å². The van der Waals surface area contributed by atoms with Crippen molar-refractivity contribution in [2.24, 2.45) is 5.92 Å². The van der Waals surface area contributed by atoms with E-state index in [0.717, 1.165) is 52.2 Å². The first-order chi connectivity index (χ1) is 15.2. The fourth-order valence-electron chi connectivity index (χ4n) is 3.81. The van der Waals surface area contributed by atoms with Crippen molar-refractivity contribution < 1.29 is 13.9 Å². The number of carbonyl (C=O) groups is 1. The van der Waals surface area contributed by atoms with Gasteiger partial charge >= 0.3 is 0 Å². The Kier molecular flexibility index (Phi) is 5.33. The monoisotopic (exact) mass is 437 g/mol. The lowest BCUT2D eigenvalue weighted by Crippen LogP contribution is -2.43. The van der Waals surface area contributed by atoms with Gasteiger partial charge in [0.15, 0.2) is 0 Å². The summed E-state index contributed by atoms with van der Waals surface area (Å²) in [5.74, 6) is 1.58. The summed E-state index contributed by atoms with van der Waals surface area (Å²) < 4.78 is 12.3. The number of piperidine rings is 1. The maximum Gasteiger partial charge on any atom is 0.225 e. The number of hydrogen-bond acceptors (Lipinski definition) is 7. The molecule has 4 heterocycles. The van der Waals surface area contributed by atoms with Gasteiger partial charge in [0, 0.05) is 18.7 Å². The summed E-state index contributed by atoms with van der Waals surface area (Å²) in [7, 11) is 1.65. The minimum Gasteiger partial charge on any atom is -0.497 e. The van der Waals surface area contributed by atoms with Crippen molar-refractivity contribution in [3.8, 4) is 17.0 Å². The SMILES string of the molecule is COc1ccc(-c2cn3nc(N4CCC[C@@H](C(=O)NCc5ccco5)C4)sc3n2)cc1. The molecular weight excluding hydrogens is 414 g/mol. The van der Waals surface area contributed by atoms with Gasteiger partial charge in [0.25, 0.3) is 0 Å². The highest BCUT2D eigenvalue weighted by Gasteiger charge is 2.28. The summed E-state index contributed by atoms with van der Waals surface area (Å²) >= 11 is 1.55. The second-order valence-electron chi connectivity index (χ2n) is 7.55. The number of nitrogens with zero attached hydrogens (tertiary/aromatic N) is 4. The number of amides is 1. The molecule has 0 saturated carbocycles. The predicted octanol–water partition coefficient (Wildman–Crippen LogP) is 3.59. The molecule has 8 nitrogen and oxygen atoms in total. The fraction of sp³-hybridized carbons (Fsp3) is 0.318. The molecule has 1 fully saturated rings. The topological polar surface area (TPSA) is 84.9 Å². The Balaban J connectivity index is 1.26. The van der Waals surface area contributed by atoms with E-state index in [4.69, 9.17) is 19.2 Å². The third-order valence-corrected chi connectivity index (χ3v) is 6.48. The van der Waals surface area contributed by atoms with Crippen LogP contribution in [0, 0.1) is 5.92 Å². The number of anilines is 1. The molecule has 160 valence electrons. The zero-order chi connectivity index (χ0) is 21.2. The first-order valence-electron chi connectivity index (χ1n) is 10.3. The van der Waals surface area contributed by atoms with E-state index < -0.39 is 0 Å². The molecule has 31 heavy (non-hydrogen) atoms. The number of furan rings is 1. The van der Waals surface area contributed by atoms with E-state index in [1.54, 1.807) is 24.7 Å². The summed E-state index contributed by atoms with van der Waals surface area (Å²) in [5.41, 5.74) is 1.90. The van der Waals surface area contributed by atoms with Crippen LogP contribution in [-0.4, -0.2) is 40.7 Å². The first-order valence-corrected chi connectivity index (χ1v) is 11.1. The molecule has 1 aromatic carbocycles. The smallest absolute Gasteiger partial charge is 0.225 e. The zero-order valence-corrected chi connectivity index (χ0v) is 18.0. The van der Waals surface area contributed by atoms with Gasteiger partial charge < -0.3 is 19.4 Å². The number of ether oxygens (including phenoxy) is 1. The first kappa shape index (κ1) is 19.6. The average molecular weight is 438 g/mol. The predicted molar refractivity (Wildman–Crippen MR) is 118 cm³/mol. The Bertz CT molecular complexity index is 1130. The Morgan fingerprint density at radius 3 is 2.94 bits per heavy atom. The number of benzene rings is 1. The van der Waals surface area contributed by atoms with E-state index in [-0.39, 0.29) is 11.8 Å². The number of methoxy groups -OCH3 is 1. The van der Waals surface area contributed by atoms with Gasteiger partial charge in [-0.1, -0.05) is 11.3 Å². The van der Waals surface area contributed by atoms with Crippen molar-refractivity contribution in [1.29, 1.82) is 0 Å². The zero-order valence-electron chi connectivity index (χ0n) is 17.2. The van der Waals surface area contributed by atoms with E-state index >= 15 is 0 Å². The lowest BCUT2D eigenvalue weighted by molar-refractivity contribution is -0.125. The van der Waals surface area contributed by atoms with Gasteiger partial charge in [0.05, 0.1) is 37.7 Å². The summed E-state index contributed by atoms with van der Waals surface area (Å²) in [4.78, 5) is 20.4. The standard InChI is InChI=1S/C22H23N5O3S/c1-29-17-8-6-15(7-9-17)19-14-27-21(24-19)31-22(25-27)26-10-2-4-16(13-26)20(28)23-12-18-5-3-11-30-18/h3,5-9,11,14,16H,2,4,10,12-13H2,1H3,(H,23,28)/t16-/m1/s1. The minimum absolute atomic E-state index is 0.0595. The van der Waals surface area contributed by atoms with Crippen LogP contribution in [0.25, 0.3) is 16.2 Å². The van der Waals surface area contributed by atoms with Gasteiger partial charge in [-0.2, -0.15) is 0 Å². The molecule has 9 heteroatoms. The second kappa shape index (κ2) is 8.43. The maximum atomic E-state index is 12.6. The number of aromatic nitrogens is 3. The lowest BCUT2D eigenvalue weighted by atomic mass is 9.97. The Morgan fingerprint density at radius 1 is 1.32 bits per heavy atom. The molecule has 1 aliphatic rings. The molecule has 1 N–H and O–H groups in total. The normalized spacial score (nSPS) is 16.5. The van der Waals surface area contributed by atoms with Crippen LogP contribution < -0.4 is 15.0 Å². The molecule has 1 atom stereocenters. The molecule has 0 aliphatic carbocycles. The van der Waals surface area contributed by atoms with Crippen LogP contribution in [0.3, 0.4) is 0 Å². The molecule has 0 spiro atoms. The van der Waals surface area contributed by atoms with Crippen LogP contribution in [0.2, 0.25) is 0 Å². The minimum atomic E-state index is -0.0604. The van der Waals surface area contributed by atoms with Gasteiger partial charge in [-0.25, -0.2) is 9.50 Å². The summed E-state index contributed by atoms with van der Waals surface area (Å²) in [5, 5.41) is 8.60. The number of rotatable bonds is 6. The highest BCUT2D eigenvalue weighted by atomic mass is 32.1. The van der Waals surface area contributed by atoms with Crippen molar-refractivity contribution in [1.82, 2.24) is 19.9 Å². The molecule has 1 amide bonds. The van der Waals surface area contributed by atoms with E-state index in [1.165, 1.54) is 0 Å². The quantitative estimate of drug-likeness (QED) is 0.496. The summed E-state index contributed by atoms with van der Waals surface area (Å²) in [6.45, 7) is 1.97. The Hall–Kier alpha value is -3.33. The van der Waals surface area contributed by atoms with Gasteiger partial charge in [-0.3, -0.25) is 4.79 Å². The van der Waals surface area contributed by atoms with Crippen LogP contribution in [0.1, 0.15) is 18.6 Å². The third-order valence-electron chi connectivity index (χ3n) is 5.50. The number of imidazole rings is 1. The van der Waals surface area contributed by atoms with E-state index in [0.29, 0.717) is 13.1 Å². The molecule has 0 radical (unpaired) electrons. The number of nitrogens with one attached hydrogen (secondary N) is 1.